The quantitative estimate of drug-likeness (QED) is 0.651. The second-order valence-electron chi connectivity index (χ2n) is 4.08. The number of sulfonamides is 1. The molecule has 0 radical (unpaired) electrons. The zero-order valence-corrected chi connectivity index (χ0v) is 12.7. The van der Waals surface area contributed by atoms with Crippen LogP contribution in [-0.2, 0) is 27.8 Å². The van der Waals surface area contributed by atoms with Crippen molar-refractivity contribution in [3.05, 3.63) is 22.7 Å². The molecule has 0 spiro atoms. The van der Waals surface area contributed by atoms with E-state index in [9.17, 15) is 17.2 Å². The summed E-state index contributed by atoms with van der Waals surface area (Å²) in [6, 6.07) is 2.64. The normalized spacial score (nSPS) is 19.4. The van der Waals surface area contributed by atoms with E-state index in [1.54, 1.807) is 7.05 Å². The minimum atomic E-state index is -3.75. The van der Waals surface area contributed by atoms with Crippen LogP contribution in [0.3, 0.4) is 0 Å². The van der Waals surface area contributed by atoms with E-state index in [1.165, 1.54) is 17.1 Å². The number of benzene rings is 1. The molecule has 0 bridgehead atoms. The Morgan fingerprint density at radius 1 is 1.55 bits per heavy atom. The number of halogens is 1. The lowest BCUT2D eigenvalue weighted by atomic mass is 10.2. The van der Waals surface area contributed by atoms with Crippen molar-refractivity contribution in [3.8, 4) is 0 Å². The smallest absolute Gasteiger partial charge is 0.253 e. The molecule has 112 valence electrons. The van der Waals surface area contributed by atoms with Crippen molar-refractivity contribution in [3.63, 3.8) is 0 Å². The second-order valence-corrected chi connectivity index (χ2v) is 6.79. The first-order valence-corrected chi connectivity index (χ1v) is 8.37. The molecule has 1 aliphatic rings. The Hall–Kier alpha value is -0.750. The fourth-order valence-electron chi connectivity index (χ4n) is 1.87. The maximum absolute atomic E-state index is 12.1. The summed E-state index contributed by atoms with van der Waals surface area (Å²) in [5, 5.41) is 4.43. The van der Waals surface area contributed by atoms with Crippen LogP contribution in [-0.4, -0.2) is 35.9 Å². The van der Waals surface area contributed by atoms with Gasteiger partial charge in [0.2, 0.25) is 0 Å². The highest BCUT2D eigenvalue weighted by atomic mass is 35.5. The van der Waals surface area contributed by atoms with Crippen molar-refractivity contribution in [2.24, 2.45) is 0 Å². The largest absolute Gasteiger partial charge is 0.755 e. The fourth-order valence-corrected chi connectivity index (χ4v) is 3.82. The van der Waals surface area contributed by atoms with Crippen molar-refractivity contribution in [2.75, 3.05) is 18.4 Å². The van der Waals surface area contributed by atoms with Crippen LogP contribution in [0.1, 0.15) is 5.56 Å². The van der Waals surface area contributed by atoms with Gasteiger partial charge in [0.25, 0.3) is 10.0 Å². The van der Waals surface area contributed by atoms with Crippen molar-refractivity contribution < 1.29 is 17.2 Å². The van der Waals surface area contributed by atoms with Crippen molar-refractivity contribution in [1.29, 1.82) is 0 Å². The van der Waals surface area contributed by atoms with Crippen LogP contribution in [0.25, 0.3) is 0 Å². The van der Waals surface area contributed by atoms with Gasteiger partial charge in [-0.05, 0) is 24.7 Å². The molecule has 0 aliphatic carbocycles. The second kappa shape index (κ2) is 5.93. The lowest BCUT2D eigenvalue weighted by Gasteiger charge is -2.29. The van der Waals surface area contributed by atoms with Crippen LogP contribution in [0.5, 0.6) is 0 Å². The molecule has 1 heterocycles. The first-order chi connectivity index (χ1) is 9.33. The van der Waals surface area contributed by atoms with E-state index in [1.807, 2.05) is 0 Å². The molecule has 0 amide bonds. The van der Waals surface area contributed by atoms with E-state index < -0.39 is 21.3 Å². The molecule has 1 aromatic rings. The SMILES string of the molecule is CNCN1Cc2cc(Cl)c(NS(=O)[O-])cc2S(=O)(=O)N1. The molecule has 20 heavy (non-hydrogen) atoms. The highest BCUT2D eigenvalue weighted by molar-refractivity contribution is 7.89. The molecular weight excluding hydrogens is 328 g/mol. The standard InChI is InChI=1S/C9H13ClN4O4S2/c1-11-5-14-4-6-2-7(10)8(12-19(15)16)3-9(6)20(17,18)13-14/h2-3,11-13H,4-5H2,1H3,(H,15,16)/p-1. The minimum absolute atomic E-state index is 0.00204. The summed E-state index contributed by atoms with van der Waals surface area (Å²) in [7, 11) is -2.06. The van der Waals surface area contributed by atoms with Gasteiger partial charge in [-0.25, -0.2) is 13.4 Å². The van der Waals surface area contributed by atoms with E-state index in [4.69, 9.17) is 11.6 Å². The first-order valence-electron chi connectivity index (χ1n) is 5.44. The molecular formula is C9H12ClN4O4S2-. The van der Waals surface area contributed by atoms with Crippen LogP contribution in [0, 0.1) is 0 Å². The molecule has 0 saturated carbocycles. The fraction of sp³-hybridized carbons (Fsp3) is 0.333. The molecule has 11 heteroatoms. The van der Waals surface area contributed by atoms with Crippen LogP contribution in [0.2, 0.25) is 5.02 Å². The van der Waals surface area contributed by atoms with Gasteiger partial charge in [0, 0.05) is 17.8 Å². The topological polar surface area (TPSA) is 114 Å². The van der Waals surface area contributed by atoms with Crippen LogP contribution >= 0.6 is 11.6 Å². The summed E-state index contributed by atoms with van der Waals surface area (Å²) < 4.78 is 47.5. The molecule has 8 nitrogen and oxygen atoms in total. The summed E-state index contributed by atoms with van der Waals surface area (Å²) in [5.74, 6) is 0. The van der Waals surface area contributed by atoms with Gasteiger partial charge in [0.15, 0.2) is 0 Å². The van der Waals surface area contributed by atoms with Crippen molar-refractivity contribution >= 4 is 38.6 Å². The third-order valence-corrected chi connectivity index (χ3v) is 4.75. The van der Waals surface area contributed by atoms with E-state index in [2.05, 4.69) is 14.9 Å². The zero-order valence-electron chi connectivity index (χ0n) is 10.3. The summed E-state index contributed by atoms with van der Waals surface area (Å²) in [5.41, 5.74) is 0.512. The average Bonchev–Trinajstić information content (AvgIpc) is 2.30. The van der Waals surface area contributed by atoms with Gasteiger partial charge in [-0.2, -0.15) is 0 Å². The molecule has 3 N–H and O–H groups in total. The Morgan fingerprint density at radius 3 is 2.85 bits per heavy atom. The first kappa shape index (κ1) is 15.6. The summed E-state index contributed by atoms with van der Waals surface area (Å²) >= 11 is 3.36. The number of anilines is 1. The lowest BCUT2D eigenvalue weighted by molar-refractivity contribution is 0.210. The average molecular weight is 340 g/mol. The number of nitrogens with zero attached hydrogens (tertiary/aromatic N) is 1. The Labute approximate surface area is 123 Å². The molecule has 0 saturated heterocycles. The van der Waals surface area contributed by atoms with Gasteiger partial charge in [-0.1, -0.05) is 11.6 Å². The number of hydrogen-bond donors (Lipinski definition) is 3. The number of hydrogen-bond acceptors (Lipinski definition) is 6. The van der Waals surface area contributed by atoms with Crippen LogP contribution < -0.4 is 14.9 Å². The van der Waals surface area contributed by atoms with Gasteiger partial charge in [-0.3, -0.25) is 4.21 Å². The van der Waals surface area contributed by atoms with Crippen molar-refractivity contribution in [1.82, 2.24) is 15.2 Å². The van der Waals surface area contributed by atoms with Gasteiger partial charge >= 0.3 is 0 Å². The molecule has 2 rings (SSSR count). The Bertz CT molecular complexity index is 652. The zero-order chi connectivity index (χ0) is 14.9. The highest BCUT2D eigenvalue weighted by Crippen LogP contribution is 2.31. The van der Waals surface area contributed by atoms with Gasteiger partial charge < -0.3 is 14.6 Å². The van der Waals surface area contributed by atoms with E-state index in [-0.39, 0.29) is 15.6 Å². The Morgan fingerprint density at radius 2 is 2.25 bits per heavy atom. The number of hydrazine groups is 1. The van der Waals surface area contributed by atoms with E-state index in [0.29, 0.717) is 18.8 Å². The van der Waals surface area contributed by atoms with Crippen molar-refractivity contribution in [2.45, 2.75) is 11.4 Å². The maximum Gasteiger partial charge on any atom is 0.253 e. The molecule has 1 unspecified atom stereocenters. The number of rotatable bonds is 4. The van der Waals surface area contributed by atoms with Crippen LogP contribution in [0.15, 0.2) is 17.0 Å². The molecule has 0 aromatic heterocycles. The predicted octanol–water partition coefficient (Wildman–Crippen LogP) is -0.268. The summed E-state index contributed by atoms with van der Waals surface area (Å²) in [6.45, 7) is 0.636. The summed E-state index contributed by atoms with van der Waals surface area (Å²) in [4.78, 5) is 2.37. The molecule has 0 fully saturated rings. The predicted molar refractivity (Wildman–Crippen MR) is 73.8 cm³/mol. The maximum atomic E-state index is 12.1. The molecule has 1 atom stereocenters. The van der Waals surface area contributed by atoms with E-state index >= 15 is 0 Å². The molecule has 1 aliphatic heterocycles. The minimum Gasteiger partial charge on any atom is -0.755 e. The third-order valence-electron chi connectivity index (χ3n) is 2.59. The number of fused-ring (bicyclic) bond motifs is 1. The monoisotopic (exact) mass is 339 g/mol. The Balaban J connectivity index is 2.46. The number of nitrogens with one attached hydrogen (secondary N) is 3. The van der Waals surface area contributed by atoms with Crippen LogP contribution in [0.4, 0.5) is 5.69 Å². The highest BCUT2D eigenvalue weighted by Gasteiger charge is 2.29. The van der Waals surface area contributed by atoms with E-state index in [0.717, 1.165) is 0 Å². The summed E-state index contributed by atoms with van der Waals surface area (Å²) in [6.07, 6.45) is 0. The Kier molecular flexibility index (Phi) is 4.64. The van der Waals surface area contributed by atoms with Gasteiger partial charge in [0.1, 0.15) is 0 Å². The molecule has 1 aromatic carbocycles. The van der Waals surface area contributed by atoms with Gasteiger partial charge in [-0.15, -0.1) is 4.83 Å². The lowest BCUT2D eigenvalue weighted by Crippen LogP contribution is -2.48. The van der Waals surface area contributed by atoms with Gasteiger partial charge in [0.05, 0.1) is 22.3 Å². The third kappa shape index (κ3) is 3.28.